The van der Waals surface area contributed by atoms with Gasteiger partial charge in [0.15, 0.2) is 0 Å². The lowest BCUT2D eigenvalue weighted by molar-refractivity contribution is 1.28. The summed E-state index contributed by atoms with van der Waals surface area (Å²) in [5.74, 6) is 0. The molecule has 0 heterocycles. The van der Waals surface area contributed by atoms with Crippen LogP contribution in [0.4, 0.5) is 17.1 Å². The van der Waals surface area contributed by atoms with Crippen LogP contribution in [-0.2, 0) is 0 Å². The second kappa shape index (κ2) is 11.6. The molecule has 0 atom stereocenters. The zero-order chi connectivity index (χ0) is 30.0. The molecule has 212 valence electrons. The topological polar surface area (TPSA) is 3.24 Å². The molecular formula is C44H31N. The number of nitrogens with zero attached hydrogens (tertiary/aromatic N) is 1. The maximum atomic E-state index is 2.35. The molecule has 1 heteroatoms. The smallest absolute Gasteiger partial charge is 0.0467 e. The molecule has 0 bridgehead atoms. The lowest BCUT2D eigenvalue weighted by Gasteiger charge is -2.26. The Morgan fingerprint density at radius 2 is 0.800 bits per heavy atom. The first-order valence-electron chi connectivity index (χ1n) is 15.4. The summed E-state index contributed by atoms with van der Waals surface area (Å²) < 4.78 is 0. The highest BCUT2D eigenvalue weighted by Crippen LogP contribution is 2.42. The molecule has 0 aliphatic carbocycles. The lowest BCUT2D eigenvalue weighted by Crippen LogP contribution is -2.09. The summed E-state index contributed by atoms with van der Waals surface area (Å²) in [6.07, 6.45) is 0. The molecule has 8 aromatic carbocycles. The van der Waals surface area contributed by atoms with Crippen molar-refractivity contribution >= 4 is 38.6 Å². The Morgan fingerprint density at radius 3 is 1.53 bits per heavy atom. The Hall–Kier alpha value is -5.92. The van der Waals surface area contributed by atoms with Gasteiger partial charge in [-0.25, -0.2) is 0 Å². The number of hydrogen-bond donors (Lipinski definition) is 0. The maximum Gasteiger partial charge on any atom is 0.0467 e. The molecular weight excluding hydrogens is 542 g/mol. The van der Waals surface area contributed by atoms with Gasteiger partial charge in [-0.15, -0.1) is 0 Å². The number of benzene rings is 8. The second-order valence-electron chi connectivity index (χ2n) is 11.4. The summed E-state index contributed by atoms with van der Waals surface area (Å²) in [7, 11) is 0. The highest BCUT2D eigenvalue weighted by Gasteiger charge is 2.15. The van der Waals surface area contributed by atoms with E-state index in [0.717, 1.165) is 17.1 Å². The van der Waals surface area contributed by atoms with Crippen molar-refractivity contribution in [3.05, 3.63) is 188 Å². The monoisotopic (exact) mass is 573 g/mol. The van der Waals surface area contributed by atoms with Gasteiger partial charge < -0.3 is 4.90 Å². The standard InChI is InChI=1S/C44H31N/c1-4-15-32(16-5-1)43-31-36-17-10-11-26-40(36)42-28-14-27-41(44(42)43)35-20-12-18-33(29-35)34-19-13-25-39(30-34)45(37-21-6-2-7-22-37)38-23-8-3-9-24-38/h1-31H. The minimum atomic E-state index is 1.12. The number of fused-ring (bicyclic) bond motifs is 3. The van der Waals surface area contributed by atoms with Crippen LogP contribution in [0.15, 0.2) is 188 Å². The third-order valence-electron chi connectivity index (χ3n) is 8.61. The van der Waals surface area contributed by atoms with Crippen LogP contribution in [0.25, 0.3) is 54.9 Å². The van der Waals surface area contributed by atoms with Crippen molar-refractivity contribution in [3.8, 4) is 33.4 Å². The maximum absolute atomic E-state index is 2.35. The molecule has 0 saturated heterocycles. The summed E-state index contributed by atoms with van der Waals surface area (Å²) in [5.41, 5.74) is 10.7. The normalized spacial score (nSPS) is 11.1. The summed E-state index contributed by atoms with van der Waals surface area (Å²) >= 11 is 0. The van der Waals surface area contributed by atoms with Crippen molar-refractivity contribution in [1.29, 1.82) is 0 Å². The molecule has 0 aliphatic rings. The van der Waals surface area contributed by atoms with Crippen molar-refractivity contribution in [2.24, 2.45) is 0 Å². The van der Waals surface area contributed by atoms with Gasteiger partial charge in [0.2, 0.25) is 0 Å². The minimum Gasteiger partial charge on any atom is -0.310 e. The zero-order valence-electron chi connectivity index (χ0n) is 24.8. The molecule has 0 radical (unpaired) electrons. The Labute approximate surface area is 264 Å². The number of rotatable bonds is 6. The van der Waals surface area contributed by atoms with E-state index >= 15 is 0 Å². The quantitative estimate of drug-likeness (QED) is 0.179. The Balaban J connectivity index is 1.28. The summed E-state index contributed by atoms with van der Waals surface area (Å²) in [6, 6.07) is 67.6. The lowest BCUT2D eigenvalue weighted by atomic mass is 9.87. The fraction of sp³-hybridized carbons (Fsp3) is 0. The summed E-state index contributed by atoms with van der Waals surface area (Å²) in [4.78, 5) is 2.31. The molecule has 0 unspecified atom stereocenters. The first-order chi connectivity index (χ1) is 22.3. The predicted molar refractivity (Wildman–Crippen MR) is 192 cm³/mol. The molecule has 0 N–H and O–H groups in total. The predicted octanol–water partition coefficient (Wildman–Crippen LogP) is 12.5. The van der Waals surface area contributed by atoms with Gasteiger partial charge in [0, 0.05) is 17.1 Å². The van der Waals surface area contributed by atoms with E-state index in [9.17, 15) is 0 Å². The van der Waals surface area contributed by atoms with E-state index in [2.05, 4.69) is 193 Å². The van der Waals surface area contributed by atoms with E-state index in [1.807, 2.05) is 0 Å². The third-order valence-corrected chi connectivity index (χ3v) is 8.61. The Morgan fingerprint density at radius 1 is 0.289 bits per heavy atom. The van der Waals surface area contributed by atoms with E-state index in [0.29, 0.717) is 0 Å². The van der Waals surface area contributed by atoms with Crippen LogP contribution in [0.1, 0.15) is 0 Å². The van der Waals surface area contributed by atoms with E-state index in [1.165, 1.54) is 54.9 Å². The molecule has 0 amide bonds. The van der Waals surface area contributed by atoms with E-state index in [1.54, 1.807) is 0 Å². The second-order valence-corrected chi connectivity index (χ2v) is 11.4. The van der Waals surface area contributed by atoms with Gasteiger partial charge in [-0.3, -0.25) is 0 Å². The van der Waals surface area contributed by atoms with Crippen molar-refractivity contribution in [2.75, 3.05) is 4.90 Å². The van der Waals surface area contributed by atoms with Crippen molar-refractivity contribution in [2.45, 2.75) is 0 Å². The van der Waals surface area contributed by atoms with Gasteiger partial charge in [-0.2, -0.15) is 0 Å². The molecule has 0 spiro atoms. The largest absolute Gasteiger partial charge is 0.310 e. The van der Waals surface area contributed by atoms with Gasteiger partial charge in [0.1, 0.15) is 0 Å². The SMILES string of the molecule is c1ccc(-c2cc3ccccc3c3cccc(-c4cccc(-c5cccc(N(c6ccccc6)c6ccccc6)c5)c4)c23)cc1. The fourth-order valence-corrected chi connectivity index (χ4v) is 6.54. The zero-order valence-corrected chi connectivity index (χ0v) is 24.8. The number of anilines is 3. The van der Waals surface area contributed by atoms with Crippen LogP contribution in [0.3, 0.4) is 0 Å². The molecule has 0 aromatic heterocycles. The van der Waals surface area contributed by atoms with E-state index < -0.39 is 0 Å². The number of hydrogen-bond acceptors (Lipinski definition) is 1. The molecule has 0 saturated carbocycles. The highest BCUT2D eigenvalue weighted by molar-refractivity contribution is 6.18. The van der Waals surface area contributed by atoms with Crippen LogP contribution >= 0.6 is 0 Å². The molecule has 45 heavy (non-hydrogen) atoms. The minimum absolute atomic E-state index is 1.12. The Kier molecular flexibility index (Phi) is 6.90. The van der Waals surface area contributed by atoms with Crippen molar-refractivity contribution in [3.63, 3.8) is 0 Å². The molecule has 0 aliphatic heterocycles. The van der Waals surface area contributed by atoms with E-state index in [4.69, 9.17) is 0 Å². The van der Waals surface area contributed by atoms with Crippen LogP contribution in [0, 0.1) is 0 Å². The summed E-state index contributed by atoms with van der Waals surface area (Å²) in [5, 5.41) is 5.10. The molecule has 0 fully saturated rings. The van der Waals surface area contributed by atoms with Crippen LogP contribution in [-0.4, -0.2) is 0 Å². The average molecular weight is 574 g/mol. The fourth-order valence-electron chi connectivity index (χ4n) is 6.54. The first-order valence-corrected chi connectivity index (χ1v) is 15.4. The average Bonchev–Trinajstić information content (AvgIpc) is 3.13. The van der Waals surface area contributed by atoms with Gasteiger partial charge in [0.05, 0.1) is 0 Å². The van der Waals surface area contributed by atoms with Gasteiger partial charge in [0.25, 0.3) is 0 Å². The van der Waals surface area contributed by atoms with E-state index in [-0.39, 0.29) is 0 Å². The summed E-state index contributed by atoms with van der Waals surface area (Å²) in [6.45, 7) is 0. The van der Waals surface area contributed by atoms with Gasteiger partial charge in [-0.1, -0.05) is 140 Å². The molecule has 8 aromatic rings. The first kappa shape index (κ1) is 26.7. The van der Waals surface area contributed by atoms with Gasteiger partial charge >= 0.3 is 0 Å². The van der Waals surface area contributed by atoms with Crippen molar-refractivity contribution in [1.82, 2.24) is 0 Å². The van der Waals surface area contributed by atoms with Crippen LogP contribution in [0.5, 0.6) is 0 Å². The van der Waals surface area contributed by atoms with Gasteiger partial charge in [-0.05, 0) is 103 Å². The van der Waals surface area contributed by atoms with Crippen molar-refractivity contribution < 1.29 is 0 Å². The Bertz CT molecular complexity index is 2210. The third kappa shape index (κ3) is 5.05. The number of para-hydroxylation sites is 2. The molecule has 8 rings (SSSR count). The van der Waals surface area contributed by atoms with Crippen LogP contribution in [0.2, 0.25) is 0 Å². The highest BCUT2D eigenvalue weighted by atomic mass is 15.1. The molecule has 1 nitrogen and oxygen atoms in total. The van der Waals surface area contributed by atoms with Crippen LogP contribution < -0.4 is 4.90 Å².